The van der Waals surface area contributed by atoms with E-state index in [9.17, 15) is 0 Å². The zero-order valence-corrected chi connectivity index (χ0v) is 16.3. The van der Waals surface area contributed by atoms with Crippen LogP contribution in [0.25, 0.3) is 0 Å². The van der Waals surface area contributed by atoms with Gasteiger partial charge in [0, 0.05) is 46.0 Å². The predicted molar refractivity (Wildman–Crippen MR) is 108 cm³/mol. The normalized spacial score (nSPS) is 11.2. The van der Waals surface area contributed by atoms with Gasteiger partial charge in [-0.15, -0.1) is 0 Å². The second-order valence-electron chi connectivity index (χ2n) is 6.30. The maximum absolute atomic E-state index is 5.44. The molecule has 6 heteroatoms. The third-order valence-corrected chi connectivity index (χ3v) is 4.08. The van der Waals surface area contributed by atoms with Gasteiger partial charge in [-0.05, 0) is 31.0 Å². The number of hydrogen-bond acceptors (Lipinski definition) is 4. The van der Waals surface area contributed by atoms with Gasteiger partial charge in [-0.3, -0.25) is 4.99 Å². The molecule has 0 fully saturated rings. The van der Waals surface area contributed by atoms with Crippen LogP contribution in [0.1, 0.15) is 16.7 Å². The molecule has 1 heterocycles. The number of pyridine rings is 1. The SMILES string of the molecule is CN=C(NCCc1cc(C)ccc1OC)NCc1cccnc1N(C)C. The minimum Gasteiger partial charge on any atom is -0.496 e. The molecule has 0 saturated carbocycles. The molecule has 2 aromatic rings. The number of guanidine groups is 1. The Morgan fingerprint density at radius 2 is 2.00 bits per heavy atom. The molecule has 0 bridgehead atoms. The summed E-state index contributed by atoms with van der Waals surface area (Å²) in [5, 5.41) is 6.71. The lowest BCUT2D eigenvalue weighted by atomic mass is 10.1. The molecule has 0 atom stereocenters. The third-order valence-electron chi connectivity index (χ3n) is 4.08. The average Bonchev–Trinajstić information content (AvgIpc) is 2.64. The number of nitrogens with zero attached hydrogens (tertiary/aromatic N) is 3. The first-order valence-electron chi connectivity index (χ1n) is 8.74. The van der Waals surface area contributed by atoms with Crippen molar-refractivity contribution in [2.75, 3.05) is 39.7 Å². The molecule has 1 aromatic carbocycles. The summed E-state index contributed by atoms with van der Waals surface area (Å²) < 4.78 is 5.44. The first-order chi connectivity index (χ1) is 12.5. The van der Waals surface area contributed by atoms with E-state index in [0.29, 0.717) is 6.54 Å². The van der Waals surface area contributed by atoms with Gasteiger partial charge in [0.15, 0.2) is 5.96 Å². The fraction of sp³-hybridized carbons (Fsp3) is 0.400. The van der Waals surface area contributed by atoms with Crippen LogP contribution in [-0.4, -0.2) is 45.7 Å². The third kappa shape index (κ3) is 5.37. The van der Waals surface area contributed by atoms with Crippen LogP contribution < -0.4 is 20.3 Å². The summed E-state index contributed by atoms with van der Waals surface area (Å²) in [4.78, 5) is 10.7. The van der Waals surface area contributed by atoms with Crippen molar-refractivity contribution in [2.24, 2.45) is 4.99 Å². The van der Waals surface area contributed by atoms with E-state index in [2.05, 4.69) is 45.7 Å². The van der Waals surface area contributed by atoms with Crippen LogP contribution in [0.2, 0.25) is 0 Å². The molecule has 0 spiro atoms. The Bertz CT molecular complexity index is 743. The van der Waals surface area contributed by atoms with E-state index in [1.807, 2.05) is 31.1 Å². The fourth-order valence-electron chi connectivity index (χ4n) is 2.79. The highest BCUT2D eigenvalue weighted by Crippen LogP contribution is 2.19. The molecular weight excluding hydrogens is 326 g/mol. The molecule has 26 heavy (non-hydrogen) atoms. The van der Waals surface area contributed by atoms with Crippen molar-refractivity contribution in [3.8, 4) is 5.75 Å². The topological polar surface area (TPSA) is 61.8 Å². The van der Waals surface area contributed by atoms with Crippen LogP contribution >= 0.6 is 0 Å². The molecule has 2 rings (SSSR count). The molecule has 0 unspecified atom stereocenters. The number of ether oxygens (including phenoxy) is 1. The number of rotatable bonds is 7. The molecule has 1 aromatic heterocycles. The Balaban J connectivity index is 1.90. The Morgan fingerprint density at radius 1 is 1.19 bits per heavy atom. The summed E-state index contributed by atoms with van der Waals surface area (Å²) in [6.07, 6.45) is 2.67. The number of anilines is 1. The number of aryl methyl sites for hydroxylation is 1. The van der Waals surface area contributed by atoms with Gasteiger partial charge in [0.1, 0.15) is 11.6 Å². The first-order valence-corrected chi connectivity index (χ1v) is 8.74. The molecule has 0 radical (unpaired) electrons. The van der Waals surface area contributed by atoms with Gasteiger partial charge in [-0.2, -0.15) is 0 Å². The standard InChI is InChI=1S/C20H29N5O/c1-15-8-9-18(26-5)16(13-15)10-12-23-20(21-2)24-14-17-7-6-11-22-19(17)25(3)4/h6-9,11,13H,10,12,14H2,1-5H3,(H2,21,23,24). The highest BCUT2D eigenvalue weighted by atomic mass is 16.5. The van der Waals surface area contributed by atoms with Gasteiger partial charge in [-0.1, -0.05) is 23.8 Å². The number of hydrogen-bond donors (Lipinski definition) is 2. The van der Waals surface area contributed by atoms with E-state index in [4.69, 9.17) is 4.74 Å². The minimum absolute atomic E-state index is 0.662. The fourth-order valence-corrected chi connectivity index (χ4v) is 2.79. The lowest BCUT2D eigenvalue weighted by Crippen LogP contribution is -2.38. The van der Waals surface area contributed by atoms with Crippen molar-refractivity contribution in [1.29, 1.82) is 0 Å². The van der Waals surface area contributed by atoms with E-state index in [0.717, 1.165) is 36.1 Å². The molecule has 2 N–H and O–H groups in total. The van der Waals surface area contributed by atoms with E-state index in [-0.39, 0.29) is 0 Å². The molecule has 0 saturated heterocycles. The van der Waals surface area contributed by atoms with Crippen molar-refractivity contribution in [3.05, 3.63) is 53.2 Å². The quantitative estimate of drug-likeness (QED) is 0.590. The average molecular weight is 355 g/mol. The number of nitrogens with one attached hydrogen (secondary N) is 2. The smallest absolute Gasteiger partial charge is 0.191 e. The summed E-state index contributed by atoms with van der Waals surface area (Å²) >= 11 is 0. The summed E-state index contributed by atoms with van der Waals surface area (Å²) in [5.74, 6) is 2.65. The Labute approximate surface area is 156 Å². The second-order valence-corrected chi connectivity index (χ2v) is 6.30. The van der Waals surface area contributed by atoms with Crippen LogP contribution in [0.5, 0.6) is 5.75 Å². The minimum atomic E-state index is 0.662. The molecule has 0 aliphatic carbocycles. The summed E-state index contributed by atoms with van der Waals surface area (Å²) in [6, 6.07) is 10.3. The number of aromatic nitrogens is 1. The Hall–Kier alpha value is -2.76. The van der Waals surface area contributed by atoms with Gasteiger partial charge in [0.25, 0.3) is 0 Å². The predicted octanol–water partition coefficient (Wildman–Crippen LogP) is 2.37. The summed E-state index contributed by atoms with van der Waals surface area (Å²) in [6.45, 7) is 3.52. The number of methoxy groups -OCH3 is 1. The van der Waals surface area contributed by atoms with Gasteiger partial charge in [-0.25, -0.2) is 4.98 Å². The van der Waals surface area contributed by atoms with Crippen molar-refractivity contribution < 1.29 is 4.74 Å². The van der Waals surface area contributed by atoms with E-state index < -0.39 is 0 Å². The van der Waals surface area contributed by atoms with Crippen LogP contribution in [0, 0.1) is 6.92 Å². The van der Waals surface area contributed by atoms with E-state index in [1.54, 1.807) is 20.4 Å². The molecule has 0 aliphatic heterocycles. The van der Waals surface area contributed by atoms with Crippen molar-refractivity contribution in [2.45, 2.75) is 19.9 Å². The lowest BCUT2D eigenvalue weighted by molar-refractivity contribution is 0.409. The largest absolute Gasteiger partial charge is 0.496 e. The lowest BCUT2D eigenvalue weighted by Gasteiger charge is -2.17. The van der Waals surface area contributed by atoms with E-state index >= 15 is 0 Å². The van der Waals surface area contributed by atoms with Crippen molar-refractivity contribution in [1.82, 2.24) is 15.6 Å². The van der Waals surface area contributed by atoms with Crippen molar-refractivity contribution >= 4 is 11.8 Å². The van der Waals surface area contributed by atoms with Gasteiger partial charge < -0.3 is 20.3 Å². The van der Waals surface area contributed by atoms with Crippen LogP contribution in [0.15, 0.2) is 41.5 Å². The Morgan fingerprint density at radius 3 is 2.69 bits per heavy atom. The van der Waals surface area contributed by atoms with Gasteiger partial charge in [0.2, 0.25) is 0 Å². The molecule has 0 amide bonds. The molecule has 0 aliphatic rings. The van der Waals surface area contributed by atoms with Crippen LogP contribution in [-0.2, 0) is 13.0 Å². The monoisotopic (exact) mass is 355 g/mol. The van der Waals surface area contributed by atoms with Crippen LogP contribution in [0.4, 0.5) is 5.82 Å². The highest BCUT2D eigenvalue weighted by molar-refractivity contribution is 5.79. The Kier molecular flexibility index (Phi) is 7.26. The van der Waals surface area contributed by atoms with Gasteiger partial charge in [0.05, 0.1) is 7.11 Å². The molecule has 6 nitrogen and oxygen atoms in total. The zero-order chi connectivity index (χ0) is 18.9. The molecule has 140 valence electrons. The molecular formula is C20H29N5O. The number of benzene rings is 1. The highest BCUT2D eigenvalue weighted by Gasteiger charge is 2.07. The van der Waals surface area contributed by atoms with Crippen LogP contribution in [0.3, 0.4) is 0 Å². The van der Waals surface area contributed by atoms with Gasteiger partial charge >= 0.3 is 0 Å². The maximum atomic E-state index is 5.44. The summed E-state index contributed by atoms with van der Waals surface area (Å²) in [7, 11) is 7.47. The maximum Gasteiger partial charge on any atom is 0.191 e. The van der Waals surface area contributed by atoms with Crippen molar-refractivity contribution in [3.63, 3.8) is 0 Å². The van der Waals surface area contributed by atoms with E-state index in [1.165, 1.54) is 11.1 Å². The number of aliphatic imine (C=N–C) groups is 1. The summed E-state index contributed by atoms with van der Waals surface area (Å²) in [5.41, 5.74) is 3.55. The second kappa shape index (κ2) is 9.65. The first kappa shape index (κ1) is 19.6. The zero-order valence-electron chi connectivity index (χ0n) is 16.3.